The summed E-state index contributed by atoms with van der Waals surface area (Å²) in [5.74, 6) is 7.06. The zero-order valence-corrected chi connectivity index (χ0v) is 23.3. The summed E-state index contributed by atoms with van der Waals surface area (Å²) < 4.78 is 5.49. The maximum Gasteiger partial charge on any atom is 0.246 e. The SMILES string of the molecule is CN(C)C/C=C/C(=O)N(C)CC(=O)NCCCC#Cc1cnc(Nc2cccc(C#N)c2)nc1N1CCOCC1. The van der Waals surface area contributed by atoms with Crippen LogP contribution in [0, 0.1) is 23.2 Å². The molecule has 40 heavy (non-hydrogen) atoms. The van der Waals surface area contributed by atoms with E-state index in [4.69, 9.17) is 15.0 Å². The topological polar surface area (TPSA) is 127 Å². The van der Waals surface area contributed by atoms with Crippen LogP contribution >= 0.6 is 0 Å². The van der Waals surface area contributed by atoms with Crippen molar-refractivity contribution in [1.29, 1.82) is 5.26 Å². The van der Waals surface area contributed by atoms with Gasteiger partial charge in [-0.05, 0) is 38.7 Å². The van der Waals surface area contributed by atoms with Crippen molar-refractivity contribution < 1.29 is 14.3 Å². The number of nitrogens with one attached hydrogen (secondary N) is 2. The van der Waals surface area contributed by atoms with Crippen molar-refractivity contribution >= 4 is 29.3 Å². The maximum atomic E-state index is 12.2. The van der Waals surface area contributed by atoms with Gasteiger partial charge < -0.3 is 30.1 Å². The van der Waals surface area contributed by atoms with E-state index in [9.17, 15) is 9.59 Å². The van der Waals surface area contributed by atoms with Gasteiger partial charge in [0, 0.05) is 51.4 Å². The van der Waals surface area contributed by atoms with Gasteiger partial charge >= 0.3 is 0 Å². The average Bonchev–Trinajstić information content (AvgIpc) is 2.95. The normalized spacial score (nSPS) is 12.9. The molecule has 1 aromatic carbocycles. The molecule has 0 bridgehead atoms. The standard InChI is InChI=1S/C29H36N8O3/c1-35(2)14-8-12-27(39)36(3)22-26(38)31-13-6-4-5-10-24-21-32-29(33-25-11-7-9-23(19-25)20-30)34-28(24)37-15-17-40-18-16-37/h7-9,11-12,19,21H,4,6,13-18,22H2,1-3H3,(H,31,38)(H,32,33,34)/b12-8+. The van der Waals surface area contributed by atoms with Crippen molar-refractivity contribution in [3.8, 4) is 17.9 Å². The number of amides is 2. The van der Waals surface area contributed by atoms with Crippen LogP contribution in [0.1, 0.15) is 24.0 Å². The predicted octanol–water partition coefficient (Wildman–Crippen LogP) is 1.75. The van der Waals surface area contributed by atoms with E-state index in [1.807, 2.05) is 25.1 Å². The fourth-order valence-corrected chi connectivity index (χ4v) is 3.74. The molecular weight excluding hydrogens is 508 g/mol. The number of nitrogens with zero attached hydrogens (tertiary/aromatic N) is 6. The molecule has 2 heterocycles. The molecule has 11 heteroatoms. The Hall–Kier alpha value is -4.45. The van der Waals surface area contributed by atoms with Gasteiger partial charge in [-0.25, -0.2) is 4.98 Å². The molecule has 1 aromatic heterocycles. The fourth-order valence-electron chi connectivity index (χ4n) is 3.74. The van der Waals surface area contributed by atoms with Crippen LogP contribution in [0.15, 0.2) is 42.6 Å². The summed E-state index contributed by atoms with van der Waals surface area (Å²) in [5, 5.41) is 15.2. The third-order valence-corrected chi connectivity index (χ3v) is 5.84. The first-order valence-corrected chi connectivity index (χ1v) is 13.1. The number of carbonyl (C=O) groups excluding carboxylic acids is 2. The van der Waals surface area contributed by atoms with Gasteiger partial charge in [0.1, 0.15) is 5.82 Å². The van der Waals surface area contributed by atoms with Crippen LogP contribution in [0.25, 0.3) is 0 Å². The molecule has 0 atom stereocenters. The van der Waals surface area contributed by atoms with E-state index in [0.717, 1.165) is 11.5 Å². The molecule has 0 spiro atoms. The number of aromatic nitrogens is 2. The molecule has 1 saturated heterocycles. The number of ether oxygens (including phenoxy) is 1. The summed E-state index contributed by atoms with van der Waals surface area (Å²) in [6.45, 7) is 3.73. The summed E-state index contributed by atoms with van der Waals surface area (Å²) in [6, 6.07) is 9.26. The van der Waals surface area contributed by atoms with Crippen molar-refractivity contribution in [1.82, 2.24) is 25.1 Å². The van der Waals surface area contributed by atoms with Gasteiger partial charge in [0.15, 0.2) is 0 Å². The lowest BCUT2D eigenvalue weighted by molar-refractivity contribution is -0.131. The first kappa shape index (κ1) is 30.1. The molecule has 210 valence electrons. The van der Waals surface area contributed by atoms with Crippen molar-refractivity contribution in [2.75, 3.05) is 77.3 Å². The summed E-state index contributed by atoms with van der Waals surface area (Å²) >= 11 is 0. The van der Waals surface area contributed by atoms with Crippen LogP contribution in [0.2, 0.25) is 0 Å². The predicted molar refractivity (Wildman–Crippen MR) is 154 cm³/mol. The highest BCUT2D eigenvalue weighted by molar-refractivity contribution is 5.91. The molecule has 11 nitrogen and oxygen atoms in total. The molecule has 1 aliphatic rings. The quantitative estimate of drug-likeness (QED) is 0.247. The lowest BCUT2D eigenvalue weighted by Gasteiger charge is -2.28. The Morgan fingerprint density at radius 3 is 2.77 bits per heavy atom. The van der Waals surface area contributed by atoms with E-state index in [-0.39, 0.29) is 18.4 Å². The van der Waals surface area contributed by atoms with E-state index in [1.165, 1.54) is 11.0 Å². The number of hydrogen-bond acceptors (Lipinski definition) is 9. The monoisotopic (exact) mass is 544 g/mol. The fraction of sp³-hybridized carbons (Fsp3) is 0.414. The number of unbranched alkanes of at least 4 members (excludes halogenated alkanes) is 1. The number of anilines is 3. The van der Waals surface area contributed by atoms with Gasteiger partial charge in [0.25, 0.3) is 0 Å². The van der Waals surface area contributed by atoms with Gasteiger partial charge in [-0.1, -0.05) is 24.0 Å². The van der Waals surface area contributed by atoms with Gasteiger partial charge in [0.2, 0.25) is 17.8 Å². The van der Waals surface area contributed by atoms with Gasteiger partial charge in [0.05, 0.1) is 43.2 Å². The molecule has 1 fully saturated rings. The number of hydrogen-bond donors (Lipinski definition) is 2. The van der Waals surface area contributed by atoms with Crippen LogP contribution < -0.4 is 15.5 Å². The minimum absolute atomic E-state index is 0.00173. The van der Waals surface area contributed by atoms with Crippen LogP contribution in [0.5, 0.6) is 0 Å². The van der Waals surface area contributed by atoms with Crippen LogP contribution in [-0.2, 0) is 14.3 Å². The van der Waals surface area contributed by atoms with E-state index in [0.29, 0.717) is 69.3 Å². The highest BCUT2D eigenvalue weighted by Gasteiger charge is 2.17. The summed E-state index contributed by atoms with van der Waals surface area (Å²) in [7, 11) is 5.44. The van der Waals surface area contributed by atoms with Crippen molar-refractivity contribution in [2.24, 2.45) is 0 Å². The van der Waals surface area contributed by atoms with Gasteiger partial charge in [-0.3, -0.25) is 9.59 Å². The molecule has 0 aliphatic carbocycles. The minimum Gasteiger partial charge on any atom is -0.378 e. The Balaban J connectivity index is 1.53. The summed E-state index contributed by atoms with van der Waals surface area (Å²) in [4.78, 5) is 38.9. The Bertz CT molecular complexity index is 1290. The lowest BCUT2D eigenvalue weighted by Crippen LogP contribution is -2.38. The number of rotatable bonds is 11. The Labute approximate surface area is 235 Å². The molecule has 2 aromatic rings. The number of benzene rings is 1. The lowest BCUT2D eigenvalue weighted by atomic mass is 10.2. The highest BCUT2D eigenvalue weighted by Crippen LogP contribution is 2.22. The maximum absolute atomic E-state index is 12.2. The van der Waals surface area contributed by atoms with E-state index in [2.05, 4.69) is 38.4 Å². The molecule has 0 unspecified atom stereocenters. The Morgan fingerprint density at radius 2 is 2.02 bits per heavy atom. The van der Waals surface area contributed by atoms with Crippen molar-refractivity contribution in [3.05, 3.63) is 53.7 Å². The third-order valence-electron chi connectivity index (χ3n) is 5.84. The van der Waals surface area contributed by atoms with E-state index < -0.39 is 0 Å². The first-order valence-electron chi connectivity index (χ1n) is 13.1. The molecule has 2 amide bonds. The second-order valence-electron chi connectivity index (χ2n) is 9.46. The summed E-state index contributed by atoms with van der Waals surface area (Å²) in [6.07, 6.45) is 6.19. The largest absolute Gasteiger partial charge is 0.378 e. The zero-order chi connectivity index (χ0) is 28.7. The molecular formula is C29H36N8O3. The number of morpholine rings is 1. The second kappa shape index (κ2) is 15.8. The zero-order valence-electron chi connectivity index (χ0n) is 23.3. The minimum atomic E-state index is -0.212. The van der Waals surface area contributed by atoms with Crippen molar-refractivity contribution in [2.45, 2.75) is 12.8 Å². The second-order valence-corrected chi connectivity index (χ2v) is 9.46. The molecule has 1 aliphatic heterocycles. The number of likely N-dealkylation sites (N-methyl/N-ethyl adjacent to an activating group) is 2. The Kier molecular flexibility index (Phi) is 11.9. The first-order chi connectivity index (χ1) is 19.4. The third kappa shape index (κ3) is 10.0. The summed E-state index contributed by atoms with van der Waals surface area (Å²) in [5.41, 5.74) is 1.99. The van der Waals surface area contributed by atoms with Gasteiger partial charge in [-0.2, -0.15) is 10.2 Å². The van der Waals surface area contributed by atoms with E-state index in [1.54, 1.807) is 37.5 Å². The van der Waals surface area contributed by atoms with Crippen molar-refractivity contribution in [3.63, 3.8) is 0 Å². The smallest absolute Gasteiger partial charge is 0.246 e. The molecule has 0 radical (unpaired) electrons. The molecule has 2 N–H and O–H groups in total. The van der Waals surface area contributed by atoms with Crippen LogP contribution in [-0.4, -0.2) is 98.7 Å². The van der Waals surface area contributed by atoms with Gasteiger partial charge in [-0.15, -0.1) is 0 Å². The average molecular weight is 545 g/mol. The Morgan fingerprint density at radius 1 is 1.23 bits per heavy atom. The van der Waals surface area contributed by atoms with Crippen LogP contribution in [0.4, 0.5) is 17.5 Å². The molecule has 0 saturated carbocycles. The number of carbonyl (C=O) groups is 2. The van der Waals surface area contributed by atoms with Crippen LogP contribution in [0.3, 0.4) is 0 Å². The molecule has 3 rings (SSSR count). The number of nitriles is 1. The van der Waals surface area contributed by atoms with E-state index >= 15 is 0 Å². The highest BCUT2D eigenvalue weighted by atomic mass is 16.5.